The molecule has 4 nitrogen and oxygen atoms in total. The minimum absolute atomic E-state index is 0.0628. The second-order valence-electron chi connectivity index (χ2n) is 5.65. The number of carbonyl (C=O) groups is 1. The van der Waals surface area contributed by atoms with Crippen molar-refractivity contribution in [2.45, 2.75) is 37.8 Å². The van der Waals surface area contributed by atoms with Crippen molar-refractivity contribution in [3.8, 4) is 0 Å². The Morgan fingerprint density at radius 1 is 1.35 bits per heavy atom. The lowest BCUT2D eigenvalue weighted by molar-refractivity contribution is 0.141. The molecule has 0 bridgehead atoms. The van der Waals surface area contributed by atoms with Crippen LogP contribution in [0.5, 0.6) is 0 Å². The van der Waals surface area contributed by atoms with Gasteiger partial charge in [0.25, 0.3) is 0 Å². The smallest absolute Gasteiger partial charge is 0.317 e. The van der Waals surface area contributed by atoms with Gasteiger partial charge < -0.3 is 5.32 Å². The molecule has 0 aromatic heterocycles. The summed E-state index contributed by atoms with van der Waals surface area (Å²) in [6.45, 7) is 3.85. The average molecular weight is 271 g/mol. The molecule has 2 aliphatic rings. The lowest BCUT2D eigenvalue weighted by Crippen LogP contribution is -2.58. The molecule has 1 aliphatic carbocycles. The van der Waals surface area contributed by atoms with E-state index in [2.05, 4.69) is 17.3 Å². The van der Waals surface area contributed by atoms with Crippen LogP contribution < -0.4 is 15.8 Å². The first-order valence-corrected chi connectivity index (χ1v) is 7.31. The summed E-state index contributed by atoms with van der Waals surface area (Å²) >= 11 is 0. The number of carbonyl (C=O) groups excluding carboxylic acids is 1. The van der Waals surface area contributed by atoms with Crippen LogP contribution in [0.4, 0.5) is 10.5 Å². The largest absolute Gasteiger partial charge is 0.338 e. The Morgan fingerprint density at radius 2 is 2.15 bits per heavy atom. The summed E-state index contributed by atoms with van der Waals surface area (Å²) in [5, 5.41) is 4.82. The Morgan fingerprint density at radius 3 is 2.90 bits per heavy atom. The lowest BCUT2D eigenvalue weighted by Gasteiger charge is -2.40. The highest BCUT2D eigenvalue weighted by Crippen LogP contribution is 2.37. The van der Waals surface area contributed by atoms with E-state index < -0.39 is 0 Å². The minimum atomic E-state index is -0.306. The predicted octanol–water partition coefficient (Wildman–Crippen LogP) is 3.18. The fourth-order valence-electron chi connectivity index (χ4n) is 3.36. The van der Waals surface area contributed by atoms with E-state index in [4.69, 9.17) is 0 Å². The van der Waals surface area contributed by atoms with E-state index in [1.165, 1.54) is 6.42 Å². The zero-order valence-corrected chi connectivity index (χ0v) is 11.6. The molecule has 106 valence electrons. The van der Waals surface area contributed by atoms with Gasteiger partial charge in [-0.25, -0.2) is 15.2 Å². The van der Waals surface area contributed by atoms with E-state index in [1.54, 1.807) is 5.01 Å². The topological polar surface area (TPSA) is 44.4 Å². The number of nitrogens with one attached hydrogen (secondary N) is 2. The van der Waals surface area contributed by atoms with Crippen LogP contribution in [0.25, 0.3) is 0 Å². The minimum Gasteiger partial charge on any atom is -0.317 e. The van der Waals surface area contributed by atoms with Crippen LogP contribution in [0, 0.1) is 5.92 Å². The molecular formula is C16H21N3O. The van der Waals surface area contributed by atoms with Gasteiger partial charge in [-0.1, -0.05) is 30.7 Å². The van der Waals surface area contributed by atoms with Crippen molar-refractivity contribution in [3.63, 3.8) is 0 Å². The fraction of sp³-hybridized carbons (Fsp3) is 0.438. The van der Waals surface area contributed by atoms with Crippen LogP contribution >= 0.6 is 0 Å². The van der Waals surface area contributed by atoms with Gasteiger partial charge in [-0.15, -0.1) is 6.58 Å². The number of rotatable bonds is 3. The number of para-hydroxylation sites is 1. The van der Waals surface area contributed by atoms with Crippen molar-refractivity contribution < 1.29 is 4.79 Å². The van der Waals surface area contributed by atoms with E-state index in [0.717, 1.165) is 31.4 Å². The second kappa shape index (κ2) is 5.29. The third-order valence-electron chi connectivity index (χ3n) is 4.38. The van der Waals surface area contributed by atoms with Gasteiger partial charge >= 0.3 is 6.03 Å². The van der Waals surface area contributed by atoms with Crippen molar-refractivity contribution in [1.82, 2.24) is 10.7 Å². The fourth-order valence-corrected chi connectivity index (χ4v) is 3.36. The highest BCUT2D eigenvalue weighted by Gasteiger charge is 2.48. The van der Waals surface area contributed by atoms with Gasteiger partial charge in [-0.3, -0.25) is 0 Å². The first kappa shape index (κ1) is 13.2. The zero-order chi connectivity index (χ0) is 14.0. The van der Waals surface area contributed by atoms with Crippen molar-refractivity contribution in [2.75, 3.05) is 5.01 Å². The Labute approximate surface area is 119 Å². The van der Waals surface area contributed by atoms with Gasteiger partial charge in [0, 0.05) is 5.92 Å². The Kier molecular flexibility index (Phi) is 3.49. The molecule has 4 heteroatoms. The second-order valence-corrected chi connectivity index (χ2v) is 5.65. The molecule has 2 N–H and O–H groups in total. The number of amides is 2. The summed E-state index contributed by atoms with van der Waals surface area (Å²) in [7, 11) is 0. The average Bonchev–Trinajstić information content (AvgIpc) is 2.80. The number of urea groups is 1. The number of hydrogen-bond donors (Lipinski definition) is 2. The summed E-state index contributed by atoms with van der Waals surface area (Å²) < 4.78 is 0. The Hall–Kier alpha value is -1.81. The van der Waals surface area contributed by atoms with Crippen LogP contribution in [0.3, 0.4) is 0 Å². The molecule has 1 spiro atoms. The summed E-state index contributed by atoms with van der Waals surface area (Å²) in [4.78, 5) is 12.3. The molecule has 20 heavy (non-hydrogen) atoms. The molecule has 1 aromatic rings. The first-order chi connectivity index (χ1) is 9.75. The number of allylic oxidation sites excluding steroid dienone is 1. The van der Waals surface area contributed by atoms with Crippen LogP contribution in [-0.4, -0.2) is 11.7 Å². The van der Waals surface area contributed by atoms with Gasteiger partial charge in [-0.05, 0) is 37.8 Å². The van der Waals surface area contributed by atoms with Crippen molar-refractivity contribution in [3.05, 3.63) is 43.0 Å². The third-order valence-corrected chi connectivity index (χ3v) is 4.38. The molecule has 0 radical (unpaired) electrons. The predicted molar refractivity (Wildman–Crippen MR) is 80.1 cm³/mol. The highest BCUT2D eigenvalue weighted by molar-refractivity contribution is 5.93. The quantitative estimate of drug-likeness (QED) is 0.829. The lowest BCUT2D eigenvalue weighted by atomic mass is 9.77. The molecule has 2 amide bonds. The molecule has 2 atom stereocenters. The molecule has 2 fully saturated rings. The number of benzene rings is 1. The van der Waals surface area contributed by atoms with Crippen molar-refractivity contribution in [1.29, 1.82) is 0 Å². The maximum Gasteiger partial charge on any atom is 0.338 e. The summed E-state index contributed by atoms with van der Waals surface area (Å²) in [6, 6.07) is 9.66. The molecule has 0 unspecified atom stereocenters. The monoisotopic (exact) mass is 271 g/mol. The van der Waals surface area contributed by atoms with Crippen molar-refractivity contribution >= 4 is 11.7 Å². The van der Waals surface area contributed by atoms with Gasteiger partial charge in [0.2, 0.25) is 0 Å². The molecule has 1 aliphatic heterocycles. The number of hydrazine groups is 1. The van der Waals surface area contributed by atoms with Gasteiger partial charge in [0.05, 0.1) is 5.69 Å². The highest BCUT2D eigenvalue weighted by atomic mass is 16.2. The van der Waals surface area contributed by atoms with E-state index in [0.29, 0.717) is 5.92 Å². The maximum absolute atomic E-state index is 12.3. The summed E-state index contributed by atoms with van der Waals surface area (Å²) in [5.74, 6) is 0.409. The van der Waals surface area contributed by atoms with E-state index in [-0.39, 0.29) is 11.7 Å². The molecule has 1 saturated carbocycles. The Balaban J connectivity index is 1.85. The molecule has 1 aromatic carbocycles. The normalized spacial score (nSPS) is 29.5. The molecule has 1 heterocycles. The molecule has 3 rings (SSSR count). The Bertz CT molecular complexity index is 502. The van der Waals surface area contributed by atoms with E-state index in [9.17, 15) is 4.79 Å². The van der Waals surface area contributed by atoms with E-state index >= 15 is 0 Å². The summed E-state index contributed by atoms with van der Waals surface area (Å²) in [5.41, 5.74) is 4.01. The summed E-state index contributed by atoms with van der Waals surface area (Å²) in [6.07, 6.45) is 7.35. The van der Waals surface area contributed by atoms with Crippen LogP contribution in [0.1, 0.15) is 32.1 Å². The molecule has 1 saturated heterocycles. The van der Waals surface area contributed by atoms with Gasteiger partial charge in [0.1, 0.15) is 5.66 Å². The third kappa shape index (κ3) is 2.20. The SMILES string of the molecule is C=CC[C@H]1CCCC[C@]12NC(=O)N(c1ccccc1)N2. The van der Waals surface area contributed by atoms with Crippen LogP contribution in [0.15, 0.2) is 43.0 Å². The zero-order valence-electron chi connectivity index (χ0n) is 11.6. The first-order valence-electron chi connectivity index (χ1n) is 7.31. The standard InChI is InChI=1S/C16H21N3O/c1-2-8-13-9-6-7-12-16(13)17-15(20)19(18-16)14-10-4-3-5-11-14/h2-5,10-11,13,18H,1,6-9,12H2,(H,17,20)/t13-,16+/m0/s1. The van der Waals surface area contributed by atoms with Crippen LogP contribution in [0.2, 0.25) is 0 Å². The van der Waals surface area contributed by atoms with E-state index in [1.807, 2.05) is 36.4 Å². The van der Waals surface area contributed by atoms with Crippen molar-refractivity contribution in [2.24, 2.45) is 5.92 Å². The molecular weight excluding hydrogens is 250 g/mol. The number of anilines is 1. The number of nitrogens with zero attached hydrogens (tertiary/aromatic N) is 1. The van der Waals surface area contributed by atoms with Gasteiger partial charge in [0.15, 0.2) is 0 Å². The number of hydrogen-bond acceptors (Lipinski definition) is 2. The van der Waals surface area contributed by atoms with Gasteiger partial charge in [-0.2, -0.15) is 0 Å². The maximum atomic E-state index is 12.3. The van der Waals surface area contributed by atoms with Crippen LogP contribution in [-0.2, 0) is 0 Å².